The highest BCUT2D eigenvalue weighted by molar-refractivity contribution is 5.92. The molecule has 1 saturated carbocycles. The van der Waals surface area contributed by atoms with Crippen molar-refractivity contribution in [3.63, 3.8) is 0 Å². The van der Waals surface area contributed by atoms with E-state index in [-0.39, 0.29) is 0 Å². The Morgan fingerprint density at radius 2 is 1.79 bits per heavy atom. The first-order valence-corrected chi connectivity index (χ1v) is 6.95. The number of fused-ring (bicyclic) bond motifs is 1. The van der Waals surface area contributed by atoms with Crippen LogP contribution in [0.5, 0.6) is 0 Å². The Morgan fingerprint density at radius 3 is 2.63 bits per heavy atom. The smallest absolute Gasteiger partial charge is 0.176 e. The molecule has 1 fully saturated rings. The predicted octanol–water partition coefficient (Wildman–Crippen LogP) is 3.75. The van der Waals surface area contributed by atoms with Crippen molar-refractivity contribution in [1.29, 1.82) is 0 Å². The molecule has 0 aliphatic heterocycles. The lowest BCUT2D eigenvalue weighted by molar-refractivity contribution is 0.702. The highest BCUT2D eigenvalue weighted by Crippen LogP contribution is 2.20. The summed E-state index contributed by atoms with van der Waals surface area (Å²) in [7, 11) is 0. The van der Waals surface area contributed by atoms with Gasteiger partial charge in [-0.2, -0.15) is 10.2 Å². The largest absolute Gasteiger partial charge is 0.259 e. The number of nitrogens with one attached hydrogen (secondary N) is 1. The Balaban J connectivity index is 1.83. The SMILES string of the molecule is c1ccc2c(NN=C3CCCCCC3)nncc2c1. The van der Waals surface area contributed by atoms with Crippen molar-refractivity contribution in [3.05, 3.63) is 30.5 Å². The summed E-state index contributed by atoms with van der Waals surface area (Å²) in [5, 5.41) is 14.8. The van der Waals surface area contributed by atoms with Gasteiger partial charge < -0.3 is 0 Å². The molecule has 1 aliphatic carbocycles. The third-order valence-electron chi connectivity index (χ3n) is 3.57. The van der Waals surface area contributed by atoms with Crippen molar-refractivity contribution in [2.45, 2.75) is 38.5 Å². The molecule has 2 aromatic rings. The van der Waals surface area contributed by atoms with E-state index in [9.17, 15) is 0 Å². The van der Waals surface area contributed by atoms with E-state index in [1.54, 1.807) is 6.20 Å². The van der Waals surface area contributed by atoms with E-state index in [1.165, 1.54) is 31.4 Å². The summed E-state index contributed by atoms with van der Waals surface area (Å²) in [6, 6.07) is 8.09. The Hall–Kier alpha value is -1.97. The monoisotopic (exact) mass is 254 g/mol. The average molecular weight is 254 g/mol. The first-order chi connectivity index (χ1) is 9.43. The number of hydrogen-bond donors (Lipinski definition) is 1. The van der Waals surface area contributed by atoms with Gasteiger partial charge in [-0.05, 0) is 25.7 Å². The number of anilines is 1. The van der Waals surface area contributed by atoms with E-state index in [0.29, 0.717) is 0 Å². The van der Waals surface area contributed by atoms with Crippen LogP contribution in [0, 0.1) is 0 Å². The standard InChI is InChI=1S/C15H18N4/c1-2-4-9-13(8-3-1)17-19-15-14-10-6-5-7-12(14)11-16-18-15/h5-7,10-11H,1-4,8-9H2,(H,18,19). The average Bonchev–Trinajstić information content (AvgIpc) is 2.74. The van der Waals surface area contributed by atoms with Gasteiger partial charge >= 0.3 is 0 Å². The number of benzene rings is 1. The Bertz CT molecular complexity index is 576. The highest BCUT2D eigenvalue weighted by atomic mass is 15.3. The van der Waals surface area contributed by atoms with Crippen LogP contribution in [0.25, 0.3) is 10.8 Å². The molecule has 0 atom stereocenters. The van der Waals surface area contributed by atoms with E-state index in [0.717, 1.165) is 29.4 Å². The molecule has 4 heteroatoms. The van der Waals surface area contributed by atoms with Crippen molar-refractivity contribution in [3.8, 4) is 0 Å². The Kier molecular flexibility index (Phi) is 3.68. The van der Waals surface area contributed by atoms with Gasteiger partial charge in [0, 0.05) is 16.5 Å². The Morgan fingerprint density at radius 1 is 1.00 bits per heavy atom. The molecule has 19 heavy (non-hydrogen) atoms. The van der Waals surface area contributed by atoms with Gasteiger partial charge in [0.1, 0.15) is 0 Å². The summed E-state index contributed by atoms with van der Waals surface area (Å²) in [4.78, 5) is 0. The lowest BCUT2D eigenvalue weighted by atomic mass is 10.2. The summed E-state index contributed by atoms with van der Waals surface area (Å²) in [6.07, 6.45) is 9.14. The van der Waals surface area contributed by atoms with Crippen molar-refractivity contribution >= 4 is 22.3 Å². The van der Waals surface area contributed by atoms with E-state index in [2.05, 4.69) is 20.7 Å². The van der Waals surface area contributed by atoms with E-state index in [4.69, 9.17) is 0 Å². The van der Waals surface area contributed by atoms with Gasteiger partial charge in [-0.25, -0.2) is 0 Å². The molecule has 1 aliphatic rings. The summed E-state index contributed by atoms with van der Waals surface area (Å²) in [5.41, 5.74) is 4.36. The topological polar surface area (TPSA) is 50.2 Å². The highest BCUT2D eigenvalue weighted by Gasteiger charge is 2.06. The van der Waals surface area contributed by atoms with E-state index >= 15 is 0 Å². The zero-order valence-electron chi connectivity index (χ0n) is 11.0. The number of aromatic nitrogens is 2. The zero-order valence-corrected chi connectivity index (χ0v) is 11.0. The van der Waals surface area contributed by atoms with Crippen LogP contribution in [-0.4, -0.2) is 15.9 Å². The minimum Gasteiger partial charge on any atom is -0.259 e. The van der Waals surface area contributed by atoms with Gasteiger partial charge in [-0.3, -0.25) is 5.43 Å². The molecule has 0 unspecified atom stereocenters. The van der Waals surface area contributed by atoms with Crippen LogP contribution in [0.2, 0.25) is 0 Å². The quantitative estimate of drug-likeness (QED) is 0.656. The molecule has 1 N–H and O–H groups in total. The minimum atomic E-state index is 0.745. The number of nitrogens with zero attached hydrogens (tertiary/aromatic N) is 3. The number of hydrazone groups is 1. The lowest BCUT2D eigenvalue weighted by Gasteiger charge is -2.05. The molecule has 0 radical (unpaired) electrons. The van der Waals surface area contributed by atoms with Gasteiger partial charge in [0.2, 0.25) is 0 Å². The molecule has 1 aromatic heterocycles. The van der Waals surface area contributed by atoms with Crippen LogP contribution >= 0.6 is 0 Å². The molecule has 3 rings (SSSR count). The van der Waals surface area contributed by atoms with Crippen molar-refractivity contribution in [2.24, 2.45) is 5.10 Å². The van der Waals surface area contributed by atoms with Crippen LogP contribution in [0.3, 0.4) is 0 Å². The molecule has 98 valence electrons. The van der Waals surface area contributed by atoms with Crippen LogP contribution in [0.1, 0.15) is 38.5 Å². The minimum absolute atomic E-state index is 0.745. The second-order valence-corrected chi connectivity index (χ2v) is 4.98. The summed E-state index contributed by atoms with van der Waals surface area (Å²) >= 11 is 0. The maximum absolute atomic E-state index is 4.53. The number of hydrogen-bond acceptors (Lipinski definition) is 4. The van der Waals surface area contributed by atoms with Gasteiger partial charge in [0.15, 0.2) is 5.82 Å². The second-order valence-electron chi connectivity index (χ2n) is 4.98. The fourth-order valence-electron chi connectivity index (χ4n) is 2.49. The number of rotatable bonds is 2. The fraction of sp³-hybridized carbons (Fsp3) is 0.400. The third-order valence-corrected chi connectivity index (χ3v) is 3.57. The third kappa shape index (κ3) is 2.89. The molecule has 0 saturated heterocycles. The maximum Gasteiger partial charge on any atom is 0.176 e. The fourth-order valence-corrected chi connectivity index (χ4v) is 2.49. The molecule has 0 spiro atoms. The van der Waals surface area contributed by atoms with Crippen molar-refractivity contribution in [1.82, 2.24) is 10.2 Å². The van der Waals surface area contributed by atoms with Gasteiger partial charge in [0.25, 0.3) is 0 Å². The molecule has 0 bridgehead atoms. The van der Waals surface area contributed by atoms with Crippen LogP contribution < -0.4 is 5.43 Å². The van der Waals surface area contributed by atoms with Crippen molar-refractivity contribution < 1.29 is 0 Å². The molecular formula is C15H18N4. The van der Waals surface area contributed by atoms with Crippen LogP contribution in [0.15, 0.2) is 35.6 Å². The first kappa shape index (κ1) is 12.1. The first-order valence-electron chi connectivity index (χ1n) is 6.95. The molecule has 1 heterocycles. The van der Waals surface area contributed by atoms with Gasteiger partial charge in [-0.15, -0.1) is 5.10 Å². The van der Waals surface area contributed by atoms with Gasteiger partial charge in [0.05, 0.1) is 6.20 Å². The van der Waals surface area contributed by atoms with Crippen LogP contribution in [-0.2, 0) is 0 Å². The second kappa shape index (κ2) is 5.78. The molecular weight excluding hydrogens is 236 g/mol. The van der Waals surface area contributed by atoms with Gasteiger partial charge in [-0.1, -0.05) is 37.1 Å². The normalized spacial score (nSPS) is 16.1. The lowest BCUT2D eigenvalue weighted by Crippen LogP contribution is -2.02. The molecule has 4 nitrogen and oxygen atoms in total. The van der Waals surface area contributed by atoms with Crippen LogP contribution in [0.4, 0.5) is 5.82 Å². The van der Waals surface area contributed by atoms with E-state index in [1.807, 2.05) is 24.3 Å². The summed E-state index contributed by atoms with van der Waals surface area (Å²) in [5.74, 6) is 0.745. The van der Waals surface area contributed by atoms with E-state index < -0.39 is 0 Å². The Labute approximate surface area is 112 Å². The predicted molar refractivity (Wildman–Crippen MR) is 78.3 cm³/mol. The molecule has 1 aromatic carbocycles. The molecule has 0 amide bonds. The zero-order chi connectivity index (χ0) is 12.9. The summed E-state index contributed by atoms with van der Waals surface area (Å²) in [6.45, 7) is 0. The van der Waals surface area contributed by atoms with Crippen molar-refractivity contribution in [2.75, 3.05) is 5.43 Å². The summed E-state index contributed by atoms with van der Waals surface area (Å²) < 4.78 is 0. The maximum atomic E-state index is 4.53.